The van der Waals surface area contributed by atoms with E-state index in [2.05, 4.69) is 40.2 Å². The SMILES string of the molecule is CCOC(=O)c1cccc(NC(=O)NC[C@@H]2C[C@@H](Cc3ccccc3)CCN2)c1. The first-order chi connectivity index (χ1) is 14.1. The van der Waals surface area contributed by atoms with E-state index in [1.54, 1.807) is 31.2 Å². The minimum atomic E-state index is -0.396. The Bertz CT molecular complexity index is 810. The normalized spacial score (nSPS) is 18.7. The second-order valence-electron chi connectivity index (χ2n) is 7.37. The van der Waals surface area contributed by atoms with Crippen LogP contribution in [0.5, 0.6) is 0 Å². The molecule has 2 aromatic rings. The van der Waals surface area contributed by atoms with E-state index >= 15 is 0 Å². The van der Waals surface area contributed by atoms with Crippen LogP contribution in [0.1, 0.15) is 35.7 Å². The Kier molecular flexibility index (Phi) is 7.64. The van der Waals surface area contributed by atoms with Gasteiger partial charge in [-0.1, -0.05) is 36.4 Å². The summed E-state index contributed by atoms with van der Waals surface area (Å²) in [5, 5.41) is 9.20. The number of anilines is 1. The highest BCUT2D eigenvalue weighted by Gasteiger charge is 2.22. The van der Waals surface area contributed by atoms with Crippen LogP contribution < -0.4 is 16.0 Å². The fourth-order valence-corrected chi connectivity index (χ4v) is 3.71. The van der Waals surface area contributed by atoms with Crippen LogP contribution in [0.3, 0.4) is 0 Å². The zero-order valence-corrected chi connectivity index (χ0v) is 16.8. The van der Waals surface area contributed by atoms with Gasteiger partial charge in [0.2, 0.25) is 0 Å². The highest BCUT2D eigenvalue weighted by molar-refractivity contribution is 5.93. The molecule has 2 aromatic carbocycles. The standard InChI is InChI=1S/C23H29N3O3/c1-2-29-22(27)19-9-6-10-20(15-19)26-23(28)25-16-21-14-18(11-12-24-21)13-17-7-4-3-5-8-17/h3-10,15,18,21,24H,2,11-14,16H2,1H3,(H2,25,26,28)/t18-,21+/m1/s1. The van der Waals surface area contributed by atoms with Gasteiger partial charge in [0.15, 0.2) is 0 Å². The van der Waals surface area contributed by atoms with Gasteiger partial charge in [-0.25, -0.2) is 9.59 Å². The number of rotatable bonds is 7. The van der Waals surface area contributed by atoms with Crippen molar-refractivity contribution in [3.8, 4) is 0 Å². The topological polar surface area (TPSA) is 79.5 Å². The number of esters is 1. The van der Waals surface area contributed by atoms with Gasteiger partial charge in [-0.05, 0) is 62.4 Å². The van der Waals surface area contributed by atoms with Crippen LogP contribution in [-0.2, 0) is 11.2 Å². The molecule has 1 heterocycles. The van der Waals surface area contributed by atoms with Crippen molar-refractivity contribution >= 4 is 17.7 Å². The van der Waals surface area contributed by atoms with Gasteiger partial charge in [0.25, 0.3) is 0 Å². The van der Waals surface area contributed by atoms with Crippen LogP contribution in [-0.4, -0.2) is 37.7 Å². The first kappa shape index (κ1) is 20.9. The van der Waals surface area contributed by atoms with Gasteiger partial charge in [0, 0.05) is 18.3 Å². The van der Waals surface area contributed by atoms with Crippen molar-refractivity contribution in [3.63, 3.8) is 0 Å². The number of hydrogen-bond acceptors (Lipinski definition) is 4. The molecule has 6 nitrogen and oxygen atoms in total. The van der Waals surface area contributed by atoms with Gasteiger partial charge in [-0.2, -0.15) is 0 Å². The minimum Gasteiger partial charge on any atom is -0.462 e. The summed E-state index contributed by atoms with van der Waals surface area (Å²) in [6.45, 7) is 3.61. The van der Waals surface area contributed by atoms with Crippen LogP contribution in [0.25, 0.3) is 0 Å². The fraction of sp³-hybridized carbons (Fsp3) is 0.391. The van der Waals surface area contributed by atoms with Crippen molar-refractivity contribution in [2.45, 2.75) is 32.2 Å². The third kappa shape index (κ3) is 6.61. The molecule has 0 radical (unpaired) electrons. The molecule has 0 saturated carbocycles. The summed E-state index contributed by atoms with van der Waals surface area (Å²) < 4.78 is 4.99. The molecule has 154 valence electrons. The van der Waals surface area contributed by atoms with Crippen molar-refractivity contribution in [1.29, 1.82) is 0 Å². The van der Waals surface area contributed by atoms with Crippen molar-refractivity contribution in [2.24, 2.45) is 5.92 Å². The Morgan fingerprint density at radius 3 is 2.76 bits per heavy atom. The number of carbonyl (C=O) groups excluding carboxylic acids is 2. The van der Waals surface area contributed by atoms with Crippen molar-refractivity contribution in [3.05, 3.63) is 65.7 Å². The Morgan fingerprint density at radius 1 is 1.14 bits per heavy atom. The van der Waals surface area contributed by atoms with Gasteiger partial charge < -0.3 is 20.7 Å². The molecule has 0 aromatic heterocycles. The average molecular weight is 396 g/mol. The Morgan fingerprint density at radius 2 is 1.97 bits per heavy atom. The predicted octanol–water partition coefficient (Wildman–Crippen LogP) is 3.60. The number of amides is 2. The van der Waals surface area contributed by atoms with Gasteiger partial charge in [0.05, 0.1) is 12.2 Å². The van der Waals surface area contributed by atoms with E-state index < -0.39 is 5.97 Å². The van der Waals surface area contributed by atoms with E-state index in [4.69, 9.17) is 4.74 Å². The van der Waals surface area contributed by atoms with Crippen molar-refractivity contribution in [2.75, 3.05) is 25.0 Å². The van der Waals surface area contributed by atoms with Gasteiger partial charge in [-0.3, -0.25) is 0 Å². The number of carbonyl (C=O) groups is 2. The molecule has 1 aliphatic rings. The number of piperidine rings is 1. The molecule has 0 spiro atoms. The van der Waals surface area contributed by atoms with E-state index in [9.17, 15) is 9.59 Å². The molecule has 1 aliphatic heterocycles. The quantitative estimate of drug-likeness (QED) is 0.626. The number of hydrogen-bond donors (Lipinski definition) is 3. The molecule has 3 rings (SSSR count). The van der Waals surface area contributed by atoms with Crippen molar-refractivity contribution in [1.82, 2.24) is 10.6 Å². The fourth-order valence-electron chi connectivity index (χ4n) is 3.71. The molecule has 0 bridgehead atoms. The predicted molar refractivity (Wildman–Crippen MR) is 114 cm³/mol. The van der Waals surface area contributed by atoms with Gasteiger partial charge >= 0.3 is 12.0 Å². The Hall–Kier alpha value is -2.86. The van der Waals surface area contributed by atoms with E-state index in [0.29, 0.717) is 30.3 Å². The third-order valence-electron chi connectivity index (χ3n) is 5.11. The molecule has 2 amide bonds. The number of nitrogens with one attached hydrogen (secondary N) is 3. The first-order valence-electron chi connectivity index (χ1n) is 10.2. The highest BCUT2D eigenvalue weighted by Crippen LogP contribution is 2.21. The smallest absolute Gasteiger partial charge is 0.338 e. The molecular formula is C23H29N3O3. The first-order valence-corrected chi connectivity index (χ1v) is 10.2. The Labute approximate surface area is 172 Å². The minimum absolute atomic E-state index is 0.258. The highest BCUT2D eigenvalue weighted by atomic mass is 16.5. The van der Waals surface area contributed by atoms with Crippen LogP contribution in [0.2, 0.25) is 0 Å². The lowest BCUT2D eigenvalue weighted by molar-refractivity contribution is 0.0526. The molecular weight excluding hydrogens is 366 g/mol. The third-order valence-corrected chi connectivity index (χ3v) is 5.11. The van der Waals surface area contributed by atoms with Crippen LogP contribution in [0.4, 0.5) is 10.5 Å². The second-order valence-corrected chi connectivity index (χ2v) is 7.37. The number of urea groups is 1. The number of benzene rings is 2. The summed E-state index contributed by atoms with van der Waals surface area (Å²) in [6.07, 6.45) is 3.26. The monoisotopic (exact) mass is 395 g/mol. The lowest BCUT2D eigenvalue weighted by atomic mass is 9.87. The summed E-state index contributed by atoms with van der Waals surface area (Å²) in [5.41, 5.74) is 2.35. The molecule has 0 aliphatic carbocycles. The summed E-state index contributed by atoms with van der Waals surface area (Å²) in [6, 6.07) is 17.3. The maximum Gasteiger partial charge on any atom is 0.338 e. The van der Waals surface area contributed by atoms with E-state index in [-0.39, 0.29) is 12.1 Å². The largest absolute Gasteiger partial charge is 0.462 e. The summed E-state index contributed by atoms with van der Waals surface area (Å²) in [5.74, 6) is 0.224. The molecule has 3 N–H and O–H groups in total. The molecule has 0 unspecified atom stereocenters. The molecule has 1 fully saturated rings. The van der Waals surface area contributed by atoms with Gasteiger partial charge in [-0.15, -0.1) is 0 Å². The average Bonchev–Trinajstić information content (AvgIpc) is 2.74. The maximum absolute atomic E-state index is 12.3. The Balaban J connectivity index is 1.45. The maximum atomic E-state index is 12.3. The molecule has 29 heavy (non-hydrogen) atoms. The van der Waals surface area contributed by atoms with E-state index in [1.807, 2.05) is 6.07 Å². The summed E-state index contributed by atoms with van der Waals surface area (Å²) >= 11 is 0. The van der Waals surface area contributed by atoms with Crippen LogP contribution in [0, 0.1) is 5.92 Å². The summed E-state index contributed by atoms with van der Waals surface area (Å²) in [7, 11) is 0. The number of ether oxygens (including phenoxy) is 1. The lowest BCUT2D eigenvalue weighted by Gasteiger charge is -2.30. The summed E-state index contributed by atoms with van der Waals surface area (Å²) in [4.78, 5) is 24.1. The lowest BCUT2D eigenvalue weighted by Crippen LogP contribution is -2.47. The van der Waals surface area contributed by atoms with Crippen LogP contribution in [0.15, 0.2) is 54.6 Å². The molecule has 6 heteroatoms. The zero-order valence-electron chi connectivity index (χ0n) is 16.8. The van der Waals surface area contributed by atoms with Crippen molar-refractivity contribution < 1.29 is 14.3 Å². The second kappa shape index (κ2) is 10.6. The van der Waals surface area contributed by atoms with E-state index in [0.717, 1.165) is 25.8 Å². The zero-order chi connectivity index (χ0) is 20.5. The van der Waals surface area contributed by atoms with Crippen LogP contribution >= 0.6 is 0 Å². The van der Waals surface area contributed by atoms with Gasteiger partial charge in [0.1, 0.15) is 0 Å². The molecule has 2 atom stereocenters. The molecule has 1 saturated heterocycles. The van der Waals surface area contributed by atoms with E-state index in [1.165, 1.54) is 5.56 Å².